The van der Waals surface area contributed by atoms with Crippen molar-refractivity contribution in [1.82, 2.24) is 15.0 Å². The summed E-state index contributed by atoms with van der Waals surface area (Å²) in [5, 5.41) is 2.64. The van der Waals surface area contributed by atoms with Crippen LogP contribution < -0.4 is 4.74 Å². The minimum atomic E-state index is -0.460. The largest absolute Gasteiger partial charge is 0.481 e. The van der Waals surface area contributed by atoms with Crippen LogP contribution in [0, 0.1) is 0 Å². The number of methoxy groups -OCH3 is 3. The van der Waals surface area contributed by atoms with E-state index in [0.29, 0.717) is 11.6 Å². The highest BCUT2D eigenvalue weighted by molar-refractivity contribution is 7.13. The van der Waals surface area contributed by atoms with Crippen LogP contribution >= 0.6 is 11.3 Å². The lowest BCUT2D eigenvalue weighted by Crippen LogP contribution is -2.03. The van der Waals surface area contributed by atoms with Gasteiger partial charge in [0, 0.05) is 25.7 Å². The highest BCUT2D eigenvalue weighted by Gasteiger charge is 2.15. The van der Waals surface area contributed by atoms with Crippen LogP contribution in [0.1, 0.15) is 12.0 Å². The number of nitrogens with zero attached hydrogens (tertiary/aromatic N) is 3. The summed E-state index contributed by atoms with van der Waals surface area (Å²) >= 11 is 1.46. The number of rotatable bonds is 5. The van der Waals surface area contributed by atoms with E-state index in [1.165, 1.54) is 17.7 Å². The van der Waals surface area contributed by atoms with Gasteiger partial charge in [0.15, 0.2) is 0 Å². The van der Waals surface area contributed by atoms with Crippen molar-refractivity contribution in [3.8, 4) is 16.6 Å². The van der Waals surface area contributed by atoms with E-state index in [-0.39, 0.29) is 0 Å². The molecule has 0 saturated carbocycles. The summed E-state index contributed by atoms with van der Waals surface area (Å²) in [7, 11) is 4.70. The molecule has 2 rings (SSSR count). The van der Waals surface area contributed by atoms with Gasteiger partial charge in [-0.05, 0) is 0 Å². The Morgan fingerprint density at radius 3 is 2.61 bits per heavy atom. The van der Waals surface area contributed by atoms with Gasteiger partial charge in [-0.25, -0.2) is 15.0 Å². The molecule has 2 aromatic heterocycles. The first kappa shape index (κ1) is 12.9. The van der Waals surface area contributed by atoms with Gasteiger partial charge in [0.1, 0.15) is 22.7 Å². The maximum absolute atomic E-state index is 5.14. The summed E-state index contributed by atoms with van der Waals surface area (Å²) in [4.78, 5) is 12.5. The van der Waals surface area contributed by atoms with E-state index < -0.39 is 6.29 Å². The molecule has 7 heteroatoms. The van der Waals surface area contributed by atoms with E-state index in [0.717, 1.165) is 10.7 Å². The highest BCUT2D eigenvalue weighted by Crippen LogP contribution is 2.27. The molecular formula is C11H13N3O3S. The van der Waals surface area contributed by atoms with Gasteiger partial charge < -0.3 is 14.2 Å². The van der Waals surface area contributed by atoms with Crippen molar-refractivity contribution in [3.05, 3.63) is 23.5 Å². The highest BCUT2D eigenvalue weighted by atomic mass is 32.1. The third-order valence-electron chi connectivity index (χ3n) is 2.26. The normalized spacial score (nSPS) is 10.9. The number of hydrogen-bond donors (Lipinski definition) is 0. The molecule has 0 aliphatic rings. The lowest BCUT2D eigenvalue weighted by atomic mass is 10.4. The molecule has 18 heavy (non-hydrogen) atoms. The third-order valence-corrected chi connectivity index (χ3v) is 3.14. The van der Waals surface area contributed by atoms with Crippen LogP contribution in [-0.2, 0) is 9.47 Å². The van der Waals surface area contributed by atoms with Gasteiger partial charge in [-0.3, -0.25) is 0 Å². The van der Waals surface area contributed by atoms with Gasteiger partial charge in [-0.1, -0.05) is 0 Å². The van der Waals surface area contributed by atoms with E-state index >= 15 is 0 Å². The molecule has 0 amide bonds. The molecule has 0 aliphatic carbocycles. The lowest BCUT2D eigenvalue weighted by molar-refractivity contribution is -0.108. The van der Waals surface area contributed by atoms with E-state index in [2.05, 4.69) is 15.0 Å². The Labute approximate surface area is 109 Å². The fourth-order valence-electron chi connectivity index (χ4n) is 1.42. The summed E-state index contributed by atoms with van der Waals surface area (Å²) in [5.41, 5.74) is 1.43. The molecule has 0 fully saturated rings. The first-order valence-electron chi connectivity index (χ1n) is 5.16. The minimum Gasteiger partial charge on any atom is -0.481 e. The average Bonchev–Trinajstić information content (AvgIpc) is 2.90. The molecule has 0 bridgehead atoms. The molecule has 0 N–H and O–H groups in total. The van der Waals surface area contributed by atoms with E-state index in [1.807, 2.05) is 5.38 Å². The first-order valence-corrected chi connectivity index (χ1v) is 6.04. The molecule has 0 spiro atoms. The molecule has 2 aromatic rings. The zero-order valence-corrected chi connectivity index (χ0v) is 11.1. The van der Waals surface area contributed by atoms with E-state index in [4.69, 9.17) is 14.2 Å². The SMILES string of the molecule is COc1cc(-c2nc(C(OC)OC)cs2)ncn1. The van der Waals surface area contributed by atoms with Gasteiger partial charge in [0.25, 0.3) is 0 Å². The molecule has 0 radical (unpaired) electrons. The first-order chi connectivity index (χ1) is 8.78. The molecule has 2 heterocycles. The van der Waals surface area contributed by atoms with Crippen LogP contribution in [0.2, 0.25) is 0 Å². The van der Waals surface area contributed by atoms with Gasteiger partial charge in [-0.15, -0.1) is 11.3 Å². The predicted octanol–water partition coefficient (Wildman–Crippen LogP) is 1.90. The second kappa shape index (κ2) is 5.85. The smallest absolute Gasteiger partial charge is 0.216 e. The number of ether oxygens (including phenoxy) is 3. The van der Waals surface area contributed by atoms with Crippen molar-refractivity contribution < 1.29 is 14.2 Å². The van der Waals surface area contributed by atoms with Gasteiger partial charge in [0.05, 0.1) is 7.11 Å². The Morgan fingerprint density at radius 2 is 1.94 bits per heavy atom. The standard InChI is InChI=1S/C11H13N3O3S/c1-15-9-4-7(12-6-13-9)10-14-8(5-18-10)11(16-2)17-3/h4-6,11H,1-3H3. The van der Waals surface area contributed by atoms with Crippen molar-refractivity contribution in [2.45, 2.75) is 6.29 Å². The fourth-order valence-corrected chi connectivity index (χ4v) is 2.20. The average molecular weight is 267 g/mol. The van der Waals surface area contributed by atoms with E-state index in [9.17, 15) is 0 Å². The molecule has 0 aliphatic heterocycles. The van der Waals surface area contributed by atoms with Crippen molar-refractivity contribution in [3.63, 3.8) is 0 Å². The van der Waals surface area contributed by atoms with Crippen LogP contribution in [0.3, 0.4) is 0 Å². The molecule has 6 nitrogen and oxygen atoms in total. The molecular weight excluding hydrogens is 254 g/mol. The quantitative estimate of drug-likeness (QED) is 0.771. The summed E-state index contributed by atoms with van der Waals surface area (Å²) in [6, 6.07) is 1.73. The summed E-state index contributed by atoms with van der Waals surface area (Å²) in [6.07, 6.45) is 0.984. The second-order valence-corrected chi connectivity index (χ2v) is 4.18. The fraction of sp³-hybridized carbons (Fsp3) is 0.364. The van der Waals surface area contributed by atoms with Crippen LogP contribution in [0.25, 0.3) is 10.7 Å². The van der Waals surface area contributed by atoms with Crippen molar-refractivity contribution >= 4 is 11.3 Å². The zero-order valence-electron chi connectivity index (χ0n) is 10.3. The van der Waals surface area contributed by atoms with Gasteiger partial charge >= 0.3 is 0 Å². The van der Waals surface area contributed by atoms with Crippen molar-refractivity contribution in [2.75, 3.05) is 21.3 Å². The summed E-state index contributed by atoms with van der Waals surface area (Å²) in [5.74, 6) is 0.506. The van der Waals surface area contributed by atoms with Crippen molar-refractivity contribution in [1.29, 1.82) is 0 Å². The Hall–Kier alpha value is -1.57. The number of hydrogen-bond acceptors (Lipinski definition) is 7. The Balaban J connectivity index is 2.28. The second-order valence-electron chi connectivity index (χ2n) is 3.33. The van der Waals surface area contributed by atoms with Gasteiger partial charge in [0.2, 0.25) is 12.2 Å². The Kier molecular flexibility index (Phi) is 4.19. The molecule has 0 unspecified atom stereocenters. The van der Waals surface area contributed by atoms with Crippen LogP contribution in [-0.4, -0.2) is 36.3 Å². The monoisotopic (exact) mass is 267 g/mol. The van der Waals surface area contributed by atoms with Crippen LogP contribution in [0.15, 0.2) is 17.8 Å². The topological polar surface area (TPSA) is 66.4 Å². The van der Waals surface area contributed by atoms with E-state index in [1.54, 1.807) is 27.4 Å². The lowest BCUT2D eigenvalue weighted by Gasteiger charge is -2.09. The maximum Gasteiger partial charge on any atom is 0.216 e. The number of aromatic nitrogens is 3. The predicted molar refractivity (Wildman–Crippen MR) is 66.5 cm³/mol. The van der Waals surface area contributed by atoms with Crippen LogP contribution in [0.4, 0.5) is 0 Å². The molecule has 0 atom stereocenters. The van der Waals surface area contributed by atoms with Gasteiger partial charge in [-0.2, -0.15) is 0 Å². The zero-order chi connectivity index (χ0) is 13.0. The summed E-state index contributed by atoms with van der Waals surface area (Å²) < 4.78 is 15.3. The Bertz CT molecular complexity index is 514. The maximum atomic E-state index is 5.14. The molecule has 0 saturated heterocycles. The molecule has 96 valence electrons. The van der Waals surface area contributed by atoms with Crippen molar-refractivity contribution in [2.24, 2.45) is 0 Å². The minimum absolute atomic E-state index is 0.460. The van der Waals surface area contributed by atoms with Crippen LogP contribution in [0.5, 0.6) is 5.88 Å². The Morgan fingerprint density at radius 1 is 1.17 bits per heavy atom. The third kappa shape index (κ3) is 2.63. The summed E-state index contributed by atoms with van der Waals surface area (Å²) in [6.45, 7) is 0. The number of thiazole rings is 1. The molecule has 0 aromatic carbocycles.